The molecule has 0 spiro atoms. The van der Waals surface area contributed by atoms with Crippen LogP contribution in [0.25, 0.3) is 0 Å². The molecular formula is C13H18N4O2. The highest BCUT2D eigenvalue weighted by molar-refractivity contribution is 5.90. The van der Waals surface area contributed by atoms with Crippen LogP contribution in [0, 0.1) is 13.8 Å². The van der Waals surface area contributed by atoms with E-state index in [4.69, 9.17) is 5.11 Å². The van der Waals surface area contributed by atoms with Crippen molar-refractivity contribution in [2.75, 3.05) is 0 Å². The fraction of sp³-hybridized carbons (Fsp3) is 0.462. The number of nitrogens with zero attached hydrogens (tertiary/aromatic N) is 4. The quantitative estimate of drug-likeness (QED) is 0.892. The summed E-state index contributed by atoms with van der Waals surface area (Å²) in [6.07, 6.45) is 4.62. The van der Waals surface area contributed by atoms with Crippen molar-refractivity contribution in [2.45, 2.75) is 40.3 Å². The summed E-state index contributed by atoms with van der Waals surface area (Å²) in [5, 5.41) is 13.5. The Kier molecular flexibility index (Phi) is 3.69. The summed E-state index contributed by atoms with van der Waals surface area (Å²) in [4.78, 5) is 15.3. The second kappa shape index (κ2) is 5.26. The van der Waals surface area contributed by atoms with Gasteiger partial charge >= 0.3 is 5.97 Å². The first-order chi connectivity index (χ1) is 9.04. The first kappa shape index (κ1) is 13.3. The molecule has 0 radical (unpaired) electrons. The largest absolute Gasteiger partial charge is 0.478 e. The minimum atomic E-state index is -0.927. The van der Waals surface area contributed by atoms with Crippen molar-refractivity contribution >= 4 is 5.97 Å². The molecule has 102 valence electrons. The van der Waals surface area contributed by atoms with Gasteiger partial charge < -0.3 is 9.67 Å². The highest BCUT2D eigenvalue weighted by Crippen LogP contribution is 2.14. The van der Waals surface area contributed by atoms with Crippen LogP contribution in [0.1, 0.15) is 40.8 Å². The normalized spacial score (nSPS) is 10.9. The van der Waals surface area contributed by atoms with Gasteiger partial charge in [-0.25, -0.2) is 9.78 Å². The Morgan fingerprint density at radius 1 is 1.42 bits per heavy atom. The zero-order valence-electron chi connectivity index (χ0n) is 11.4. The lowest BCUT2D eigenvalue weighted by molar-refractivity contribution is 0.0695. The topological polar surface area (TPSA) is 72.9 Å². The molecule has 2 heterocycles. The van der Waals surface area contributed by atoms with E-state index in [0.717, 1.165) is 18.7 Å². The molecule has 0 bridgehead atoms. The number of aryl methyl sites for hydroxylation is 2. The number of aromatic carboxylic acids is 1. The molecule has 0 aromatic carbocycles. The van der Waals surface area contributed by atoms with Crippen molar-refractivity contribution in [3.63, 3.8) is 0 Å². The average Bonchev–Trinajstić information content (AvgIpc) is 2.86. The van der Waals surface area contributed by atoms with Crippen LogP contribution < -0.4 is 0 Å². The zero-order valence-corrected chi connectivity index (χ0v) is 11.4. The van der Waals surface area contributed by atoms with Gasteiger partial charge in [-0.15, -0.1) is 0 Å². The Hall–Kier alpha value is -2.11. The van der Waals surface area contributed by atoms with E-state index in [2.05, 4.69) is 21.6 Å². The number of carboxylic acid groups (broad SMARTS) is 1. The molecule has 1 N–H and O–H groups in total. The highest BCUT2D eigenvalue weighted by Gasteiger charge is 2.18. The molecule has 0 amide bonds. The van der Waals surface area contributed by atoms with Crippen LogP contribution in [-0.4, -0.2) is 30.4 Å². The molecule has 0 aliphatic carbocycles. The summed E-state index contributed by atoms with van der Waals surface area (Å²) in [6.45, 7) is 7.05. The molecule has 0 atom stereocenters. The van der Waals surface area contributed by atoms with E-state index in [1.807, 2.05) is 0 Å². The molecule has 6 nitrogen and oxygen atoms in total. The Morgan fingerprint density at radius 3 is 2.74 bits per heavy atom. The molecule has 2 aromatic rings. The van der Waals surface area contributed by atoms with Gasteiger partial charge in [0, 0.05) is 6.54 Å². The van der Waals surface area contributed by atoms with Crippen molar-refractivity contribution in [3.05, 3.63) is 35.2 Å². The van der Waals surface area contributed by atoms with Crippen LogP contribution in [0.15, 0.2) is 12.5 Å². The van der Waals surface area contributed by atoms with E-state index in [1.54, 1.807) is 31.1 Å². The summed E-state index contributed by atoms with van der Waals surface area (Å²) in [5.41, 5.74) is 2.55. The number of hydrogen-bond acceptors (Lipinski definition) is 3. The first-order valence-corrected chi connectivity index (χ1v) is 6.30. The molecule has 0 unspecified atom stereocenters. The van der Waals surface area contributed by atoms with Crippen molar-refractivity contribution in [1.29, 1.82) is 0 Å². The van der Waals surface area contributed by atoms with Gasteiger partial charge in [0.1, 0.15) is 5.56 Å². The van der Waals surface area contributed by atoms with Gasteiger partial charge in [0.05, 0.1) is 36.2 Å². The summed E-state index contributed by atoms with van der Waals surface area (Å²) in [7, 11) is 0. The molecule has 2 rings (SSSR count). The van der Waals surface area contributed by atoms with Crippen molar-refractivity contribution < 1.29 is 9.90 Å². The SMILES string of the molecule is CCCn1cncc1Cn1nc(C)c(C(=O)O)c1C. The van der Waals surface area contributed by atoms with Crippen LogP contribution in [0.4, 0.5) is 0 Å². The molecule has 19 heavy (non-hydrogen) atoms. The second-order valence-electron chi connectivity index (χ2n) is 4.59. The predicted molar refractivity (Wildman–Crippen MR) is 70.3 cm³/mol. The fourth-order valence-electron chi connectivity index (χ4n) is 2.24. The first-order valence-electron chi connectivity index (χ1n) is 6.30. The Labute approximate surface area is 111 Å². The molecule has 0 saturated heterocycles. The van der Waals surface area contributed by atoms with Gasteiger partial charge in [0.25, 0.3) is 0 Å². The minimum Gasteiger partial charge on any atom is -0.478 e. The smallest absolute Gasteiger partial charge is 0.339 e. The zero-order chi connectivity index (χ0) is 14.0. The van der Waals surface area contributed by atoms with Gasteiger partial charge in [-0.3, -0.25) is 4.68 Å². The highest BCUT2D eigenvalue weighted by atomic mass is 16.4. The molecule has 0 aliphatic heterocycles. The molecular weight excluding hydrogens is 244 g/mol. The van der Waals surface area contributed by atoms with Crippen molar-refractivity contribution in [1.82, 2.24) is 19.3 Å². The maximum absolute atomic E-state index is 11.2. The van der Waals surface area contributed by atoms with Crippen LogP contribution in [-0.2, 0) is 13.1 Å². The summed E-state index contributed by atoms with van der Waals surface area (Å²) in [6, 6.07) is 0. The summed E-state index contributed by atoms with van der Waals surface area (Å²) >= 11 is 0. The van der Waals surface area contributed by atoms with E-state index in [1.165, 1.54) is 0 Å². The van der Waals surface area contributed by atoms with Gasteiger partial charge in [-0.1, -0.05) is 6.92 Å². The van der Waals surface area contributed by atoms with E-state index < -0.39 is 5.97 Å². The van der Waals surface area contributed by atoms with Gasteiger partial charge in [0.15, 0.2) is 0 Å². The predicted octanol–water partition coefficient (Wildman–Crippen LogP) is 1.85. The summed E-state index contributed by atoms with van der Waals surface area (Å²) in [5.74, 6) is -0.927. The van der Waals surface area contributed by atoms with Gasteiger partial charge in [0.2, 0.25) is 0 Å². The third-order valence-corrected chi connectivity index (χ3v) is 3.17. The lowest BCUT2D eigenvalue weighted by atomic mass is 10.2. The lowest BCUT2D eigenvalue weighted by Gasteiger charge is -2.08. The molecule has 0 saturated carbocycles. The number of imidazole rings is 1. The van der Waals surface area contributed by atoms with E-state index in [-0.39, 0.29) is 0 Å². The second-order valence-corrected chi connectivity index (χ2v) is 4.59. The average molecular weight is 262 g/mol. The maximum Gasteiger partial charge on any atom is 0.339 e. The Balaban J connectivity index is 2.31. The molecule has 0 fully saturated rings. The Bertz CT molecular complexity index is 598. The van der Waals surface area contributed by atoms with Gasteiger partial charge in [-0.2, -0.15) is 5.10 Å². The fourth-order valence-corrected chi connectivity index (χ4v) is 2.24. The van der Waals surface area contributed by atoms with Crippen LogP contribution in [0.2, 0.25) is 0 Å². The van der Waals surface area contributed by atoms with Crippen LogP contribution >= 0.6 is 0 Å². The third kappa shape index (κ3) is 2.52. The standard InChI is InChI=1S/C13H18N4O2/c1-4-5-16-8-14-6-11(16)7-17-10(3)12(13(18)19)9(2)15-17/h6,8H,4-5,7H2,1-3H3,(H,18,19). The number of carbonyl (C=O) groups is 1. The monoisotopic (exact) mass is 262 g/mol. The number of aromatic nitrogens is 4. The maximum atomic E-state index is 11.2. The third-order valence-electron chi connectivity index (χ3n) is 3.17. The molecule has 0 aliphatic rings. The molecule has 6 heteroatoms. The van der Waals surface area contributed by atoms with Crippen LogP contribution in [0.3, 0.4) is 0 Å². The van der Waals surface area contributed by atoms with Crippen LogP contribution in [0.5, 0.6) is 0 Å². The van der Waals surface area contributed by atoms with Gasteiger partial charge in [-0.05, 0) is 20.3 Å². The van der Waals surface area contributed by atoms with E-state index in [0.29, 0.717) is 23.5 Å². The number of hydrogen-bond donors (Lipinski definition) is 1. The minimum absolute atomic E-state index is 0.293. The number of rotatable bonds is 5. The number of carboxylic acids is 1. The van der Waals surface area contributed by atoms with E-state index in [9.17, 15) is 4.79 Å². The Morgan fingerprint density at radius 2 is 2.16 bits per heavy atom. The molecule has 2 aromatic heterocycles. The van der Waals surface area contributed by atoms with Crippen molar-refractivity contribution in [2.24, 2.45) is 0 Å². The van der Waals surface area contributed by atoms with Crippen molar-refractivity contribution in [3.8, 4) is 0 Å². The lowest BCUT2D eigenvalue weighted by Crippen LogP contribution is -2.10. The van der Waals surface area contributed by atoms with E-state index >= 15 is 0 Å². The summed E-state index contributed by atoms with van der Waals surface area (Å²) < 4.78 is 3.79.